The molecule has 2 saturated carbocycles. The van der Waals surface area contributed by atoms with Gasteiger partial charge in [-0.25, -0.2) is 0 Å². The first kappa shape index (κ1) is 15.3. The zero-order valence-electron chi connectivity index (χ0n) is 13.1. The molecule has 3 heteroatoms. The lowest BCUT2D eigenvalue weighted by Crippen LogP contribution is -2.54. The Hall–Kier alpha value is -0.120. The molecule has 0 spiro atoms. The quantitative estimate of drug-likeness (QED) is 0.804. The Morgan fingerprint density at radius 1 is 1.32 bits per heavy atom. The molecule has 3 unspecified atom stereocenters. The lowest BCUT2D eigenvalue weighted by molar-refractivity contribution is -0.0425. The third-order valence-electron chi connectivity index (χ3n) is 5.13. The van der Waals surface area contributed by atoms with Crippen LogP contribution in [0.4, 0.5) is 0 Å². The minimum Gasteiger partial charge on any atom is -0.391 e. The fourth-order valence-corrected chi connectivity index (χ4v) is 3.59. The Morgan fingerprint density at radius 3 is 2.58 bits per heavy atom. The van der Waals surface area contributed by atoms with E-state index in [2.05, 4.69) is 25.7 Å². The highest BCUT2D eigenvalue weighted by Gasteiger charge is 2.41. The van der Waals surface area contributed by atoms with E-state index in [4.69, 9.17) is 4.74 Å². The number of hydrogen-bond acceptors (Lipinski definition) is 3. The highest BCUT2D eigenvalue weighted by molar-refractivity contribution is 4.95. The van der Waals surface area contributed by atoms with Crippen molar-refractivity contribution >= 4 is 0 Å². The number of hydrogen-bond donors (Lipinski definition) is 1. The number of aliphatic hydroxyl groups is 1. The smallest absolute Gasteiger partial charge is 0.0695 e. The highest BCUT2D eigenvalue weighted by atomic mass is 16.5. The molecule has 112 valence electrons. The van der Waals surface area contributed by atoms with Crippen molar-refractivity contribution in [3.63, 3.8) is 0 Å². The molecule has 0 aromatic heterocycles. The summed E-state index contributed by atoms with van der Waals surface area (Å²) in [5, 5.41) is 10.4. The minimum absolute atomic E-state index is 0.161. The number of aliphatic hydroxyl groups excluding tert-OH is 1. The zero-order valence-corrected chi connectivity index (χ0v) is 13.1. The van der Waals surface area contributed by atoms with E-state index in [0.717, 1.165) is 38.3 Å². The predicted octanol–water partition coefficient (Wildman–Crippen LogP) is 2.67. The van der Waals surface area contributed by atoms with Gasteiger partial charge < -0.3 is 9.84 Å². The van der Waals surface area contributed by atoms with Gasteiger partial charge in [-0.1, -0.05) is 13.8 Å². The summed E-state index contributed by atoms with van der Waals surface area (Å²) in [6, 6.07) is 0.901. The maximum absolute atomic E-state index is 10.4. The van der Waals surface area contributed by atoms with Gasteiger partial charge >= 0.3 is 0 Å². The van der Waals surface area contributed by atoms with Crippen molar-refractivity contribution in [3.05, 3.63) is 0 Å². The van der Waals surface area contributed by atoms with Crippen LogP contribution in [-0.2, 0) is 4.74 Å². The van der Waals surface area contributed by atoms with Crippen LogP contribution in [0.2, 0.25) is 0 Å². The van der Waals surface area contributed by atoms with Gasteiger partial charge in [0.2, 0.25) is 0 Å². The van der Waals surface area contributed by atoms with E-state index in [9.17, 15) is 5.11 Å². The first-order valence-electron chi connectivity index (χ1n) is 7.87. The molecule has 0 aromatic rings. The van der Waals surface area contributed by atoms with Crippen molar-refractivity contribution in [3.8, 4) is 0 Å². The van der Waals surface area contributed by atoms with Crippen molar-refractivity contribution < 1.29 is 9.84 Å². The summed E-state index contributed by atoms with van der Waals surface area (Å²) in [6.07, 6.45) is 5.74. The maximum atomic E-state index is 10.4. The third kappa shape index (κ3) is 3.93. The SMILES string of the molecule is COCCN(C(C)C1CC1)C1CC(C)(C)CCC1O. The monoisotopic (exact) mass is 269 g/mol. The second kappa shape index (κ2) is 6.11. The van der Waals surface area contributed by atoms with Gasteiger partial charge in [0, 0.05) is 25.7 Å². The summed E-state index contributed by atoms with van der Waals surface area (Å²) in [6.45, 7) is 8.72. The van der Waals surface area contributed by atoms with Gasteiger partial charge in [-0.05, 0) is 50.4 Å². The largest absolute Gasteiger partial charge is 0.391 e. The molecule has 0 radical (unpaired) electrons. The molecule has 0 amide bonds. The molecular weight excluding hydrogens is 238 g/mol. The number of methoxy groups -OCH3 is 1. The predicted molar refractivity (Wildman–Crippen MR) is 78.2 cm³/mol. The fourth-order valence-electron chi connectivity index (χ4n) is 3.59. The van der Waals surface area contributed by atoms with Crippen LogP contribution < -0.4 is 0 Å². The fraction of sp³-hybridized carbons (Fsp3) is 1.00. The second-order valence-electron chi connectivity index (χ2n) is 7.35. The third-order valence-corrected chi connectivity index (χ3v) is 5.13. The molecule has 2 aliphatic carbocycles. The summed E-state index contributed by atoms with van der Waals surface area (Å²) in [4.78, 5) is 2.53. The average molecular weight is 269 g/mol. The molecule has 0 saturated heterocycles. The first-order valence-corrected chi connectivity index (χ1v) is 7.87. The molecular formula is C16H31NO2. The maximum Gasteiger partial charge on any atom is 0.0695 e. The molecule has 2 fully saturated rings. The Labute approximate surface area is 118 Å². The first-order chi connectivity index (χ1) is 8.94. The minimum atomic E-state index is -0.161. The standard InChI is InChI=1S/C16H31NO2/c1-12(13-5-6-13)17(9-10-19-4)14-11-16(2,3)8-7-15(14)18/h12-15,18H,5-11H2,1-4H3. The molecule has 19 heavy (non-hydrogen) atoms. The second-order valence-corrected chi connectivity index (χ2v) is 7.35. The molecule has 2 aliphatic rings. The van der Waals surface area contributed by atoms with Crippen LogP contribution >= 0.6 is 0 Å². The van der Waals surface area contributed by atoms with Gasteiger partial charge in [0.15, 0.2) is 0 Å². The summed E-state index contributed by atoms with van der Waals surface area (Å²) < 4.78 is 5.28. The van der Waals surface area contributed by atoms with Crippen LogP contribution in [0.1, 0.15) is 52.9 Å². The lowest BCUT2D eigenvalue weighted by atomic mass is 9.73. The molecule has 0 aliphatic heterocycles. The molecule has 3 nitrogen and oxygen atoms in total. The summed E-state index contributed by atoms with van der Waals surface area (Å²) in [7, 11) is 1.77. The van der Waals surface area contributed by atoms with Crippen LogP contribution in [0.3, 0.4) is 0 Å². The van der Waals surface area contributed by atoms with E-state index >= 15 is 0 Å². The lowest BCUT2D eigenvalue weighted by Gasteiger charge is -2.46. The highest BCUT2D eigenvalue weighted by Crippen LogP contribution is 2.41. The van der Waals surface area contributed by atoms with E-state index in [1.54, 1.807) is 7.11 Å². The Bertz CT molecular complexity index is 288. The summed E-state index contributed by atoms with van der Waals surface area (Å²) in [5.41, 5.74) is 0.360. The molecule has 1 N–H and O–H groups in total. The van der Waals surface area contributed by atoms with Crippen LogP contribution in [-0.4, -0.2) is 48.5 Å². The van der Waals surface area contributed by atoms with Crippen LogP contribution in [0, 0.1) is 11.3 Å². The summed E-state index contributed by atoms with van der Waals surface area (Å²) in [5.74, 6) is 0.842. The van der Waals surface area contributed by atoms with Crippen LogP contribution in [0.15, 0.2) is 0 Å². The molecule has 0 bridgehead atoms. The Morgan fingerprint density at radius 2 is 2.00 bits per heavy atom. The van der Waals surface area contributed by atoms with Gasteiger partial charge in [-0.15, -0.1) is 0 Å². The average Bonchev–Trinajstić information content (AvgIpc) is 3.17. The summed E-state index contributed by atoms with van der Waals surface area (Å²) >= 11 is 0. The topological polar surface area (TPSA) is 32.7 Å². The molecule has 2 rings (SSSR count). The van der Waals surface area contributed by atoms with Gasteiger partial charge in [-0.2, -0.15) is 0 Å². The molecule has 0 heterocycles. The Kier molecular flexibility index (Phi) is 4.91. The van der Waals surface area contributed by atoms with E-state index in [1.807, 2.05) is 0 Å². The number of nitrogens with zero attached hydrogens (tertiary/aromatic N) is 1. The van der Waals surface area contributed by atoms with E-state index in [-0.39, 0.29) is 6.10 Å². The van der Waals surface area contributed by atoms with Crippen molar-refractivity contribution in [2.24, 2.45) is 11.3 Å². The number of ether oxygens (including phenoxy) is 1. The van der Waals surface area contributed by atoms with Crippen molar-refractivity contribution in [1.29, 1.82) is 0 Å². The van der Waals surface area contributed by atoms with E-state index in [1.165, 1.54) is 12.8 Å². The van der Waals surface area contributed by atoms with Crippen molar-refractivity contribution in [1.82, 2.24) is 4.90 Å². The van der Waals surface area contributed by atoms with Crippen LogP contribution in [0.5, 0.6) is 0 Å². The molecule has 0 aromatic carbocycles. The van der Waals surface area contributed by atoms with Gasteiger partial charge in [0.05, 0.1) is 12.7 Å². The van der Waals surface area contributed by atoms with Crippen molar-refractivity contribution in [2.45, 2.75) is 71.1 Å². The number of rotatable bonds is 6. The van der Waals surface area contributed by atoms with E-state index < -0.39 is 0 Å². The van der Waals surface area contributed by atoms with Crippen molar-refractivity contribution in [2.75, 3.05) is 20.3 Å². The van der Waals surface area contributed by atoms with Crippen LogP contribution in [0.25, 0.3) is 0 Å². The zero-order chi connectivity index (χ0) is 14.0. The molecule has 3 atom stereocenters. The van der Waals surface area contributed by atoms with Gasteiger partial charge in [0.1, 0.15) is 0 Å². The van der Waals surface area contributed by atoms with Gasteiger partial charge in [-0.3, -0.25) is 4.90 Å². The normalized spacial score (nSPS) is 32.5. The van der Waals surface area contributed by atoms with Gasteiger partial charge in [0.25, 0.3) is 0 Å². The van der Waals surface area contributed by atoms with E-state index in [0.29, 0.717) is 17.5 Å². The Balaban J connectivity index is 2.05.